The van der Waals surface area contributed by atoms with Crippen LogP contribution in [0.15, 0.2) is 4.99 Å². The van der Waals surface area contributed by atoms with Crippen molar-refractivity contribution in [3.8, 4) is 12.1 Å². The zero-order valence-electron chi connectivity index (χ0n) is 8.15. The highest BCUT2D eigenvalue weighted by molar-refractivity contribution is 6.41. The molecule has 0 amide bonds. The molecule has 0 saturated carbocycles. The fourth-order valence-electron chi connectivity index (χ4n) is 1.18. The number of nitrogens with zero attached hydrogens (tertiary/aromatic N) is 3. The molecule has 0 aliphatic carbocycles. The van der Waals surface area contributed by atoms with E-state index < -0.39 is 5.92 Å². The molecule has 5 nitrogen and oxygen atoms in total. The number of hydrogen-bond donors (Lipinski definition) is 2. The summed E-state index contributed by atoms with van der Waals surface area (Å²) in [6.07, 6.45) is -0.116. The van der Waals surface area contributed by atoms with Gasteiger partial charge in [0, 0.05) is 5.92 Å². The molecule has 1 aliphatic heterocycles. The molecule has 0 unspecified atom stereocenters. The predicted octanol–water partition coefficient (Wildman–Crippen LogP) is -1.48. The second kappa shape index (κ2) is 3.89. The van der Waals surface area contributed by atoms with Crippen molar-refractivity contribution in [2.75, 3.05) is 0 Å². The van der Waals surface area contributed by atoms with Crippen molar-refractivity contribution in [3.63, 3.8) is 0 Å². The molecule has 0 aromatic heterocycles. The molecule has 0 bridgehead atoms. The van der Waals surface area contributed by atoms with E-state index in [9.17, 15) is 0 Å². The summed E-state index contributed by atoms with van der Waals surface area (Å²) in [4.78, 5) is 7.15. The first-order chi connectivity index (χ1) is 6.60. The quantitative estimate of drug-likeness (QED) is 0.555. The molecule has 5 heteroatoms. The Morgan fingerprint density at radius 3 is 2.36 bits per heavy atom. The van der Waals surface area contributed by atoms with Gasteiger partial charge in [-0.05, 0) is 0 Å². The largest absolute Gasteiger partial charge is 0.291 e. The van der Waals surface area contributed by atoms with Crippen LogP contribution in [-0.2, 0) is 0 Å². The van der Waals surface area contributed by atoms with Crippen LogP contribution in [0.25, 0.3) is 0 Å². The second-order valence-electron chi connectivity index (χ2n) is 3.45. The molecule has 0 aromatic rings. The first-order valence-electron chi connectivity index (χ1n) is 4.36. The van der Waals surface area contributed by atoms with Gasteiger partial charge in [-0.3, -0.25) is 10.7 Å². The minimum absolute atomic E-state index is 0.116. The zero-order valence-corrected chi connectivity index (χ0v) is 8.15. The van der Waals surface area contributed by atoms with Crippen LogP contribution >= 0.6 is 0 Å². The van der Waals surface area contributed by atoms with Gasteiger partial charge in [0.15, 0.2) is 17.8 Å². The number of nitriles is 2. The van der Waals surface area contributed by atoms with Gasteiger partial charge < -0.3 is 0 Å². The minimum atomic E-state index is -0.869. The van der Waals surface area contributed by atoms with Crippen LogP contribution in [-0.4, -0.2) is 17.7 Å². The third-order valence-corrected chi connectivity index (χ3v) is 2.02. The van der Waals surface area contributed by atoms with Gasteiger partial charge in [0.25, 0.3) is 5.84 Å². The molecule has 3 N–H and O–H groups in total. The summed E-state index contributed by atoms with van der Waals surface area (Å²) in [5, 5.41) is 17.4. The van der Waals surface area contributed by atoms with Crippen molar-refractivity contribution in [3.05, 3.63) is 0 Å². The summed E-state index contributed by atoms with van der Waals surface area (Å²) in [5.74, 6) is -0.243. The van der Waals surface area contributed by atoms with E-state index in [1.807, 2.05) is 26.0 Å². The summed E-state index contributed by atoms with van der Waals surface area (Å²) in [7, 11) is 0. The van der Waals surface area contributed by atoms with E-state index in [4.69, 9.17) is 16.3 Å². The van der Waals surface area contributed by atoms with Gasteiger partial charge in [-0.1, -0.05) is 13.8 Å². The fraction of sp³-hybridized carbons (Fsp3) is 0.556. The molecule has 14 heavy (non-hydrogen) atoms. The summed E-state index contributed by atoms with van der Waals surface area (Å²) in [6.45, 7) is 3.98. The average Bonchev–Trinajstić information content (AvgIpc) is 2.51. The summed E-state index contributed by atoms with van der Waals surface area (Å²) in [5.41, 5.74) is 6.00. The number of amidine groups is 1. The van der Waals surface area contributed by atoms with Gasteiger partial charge in [-0.15, -0.1) is 0 Å². The fourth-order valence-corrected chi connectivity index (χ4v) is 1.18. The van der Waals surface area contributed by atoms with Gasteiger partial charge in [-0.2, -0.15) is 10.5 Å². The third kappa shape index (κ3) is 1.72. The van der Waals surface area contributed by atoms with Crippen molar-refractivity contribution in [1.82, 2.24) is 0 Å². The smallest absolute Gasteiger partial charge is 0.286 e. The lowest BCUT2D eigenvalue weighted by Crippen LogP contribution is -2.80. The highest BCUT2D eigenvalue weighted by Crippen LogP contribution is 2.05. The van der Waals surface area contributed by atoms with Crippen LogP contribution < -0.4 is 10.7 Å². The van der Waals surface area contributed by atoms with Crippen LogP contribution in [0.4, 0.5) is 0 Å². The van der Waals surface area contributed by atoms with Gasteiger partial charge >= 0.3 is 0 Å². The van der Waals surface area contributed by atoms with Gasteiger partial charge in [0.1, 0.15) is 0 Å². The van der Waals surface area contributed by atoms with Gasteiger partial charge in [0.05, 0.1) is 12.1 Å². The zero-order chi connectivity index (χ0) is 10.7. The van der Waals surface area contributed by atoms with Crippen molar-refractivity contribution < 1.29 is 4.99 Å². The van der Waals surface area contributed by atoms with Gasteiger partial charge in [0.2, 0.25) is 0 Å². The molecular weight excluding hydrogens is 178 g/mol. The highest BCUT2D eigenvalue weighted by atomic mass is 15.1. The maximum atomic E-state index is 8.68. The first kappa shape index (κ1) is 10.2. The molecule has 1 atom stereocenters. The van der Waals surface area contributed by atoms with Crippen LogP contribution in [0.3, 0.4) is 0 Å². The monoisotopic (exact) mass is 190 g/mol. The first-order valence-corrected chi connectivity index (χ1v) is 4.36. The lowest BCUT2D eigenvalue weighted by molar-refractivity contribution is -0.504. The average molecular weight is 190 g/mol. The lowest BCUT2D eigenvalue weighted by atomic mass is 10.1. The molecule has 72 valence electrons. The topological polar surface area (TPSA) is 99.9 Å². The Kier molecular flexibility index (Phi) is 2.83. The van der Waals surface area contributed by atoms with Gasteiger partial charge in [-0.25, -0.2) is 4.99 Å². The Bertz CT molecular complexity index is 352. The standard InChI is InChI=1S/C9H11N5/c1-5(2)9-13-7(8(12)14-9)6(3-10)4-11/h5-6,9H,1-2H3,(H2,12,14)/p+1/t9-/m1/s1. The normalized spacial score (nSPS) is 20.3. The Morgan fingerprint density at radius 2 is 2.00 bits per heavy atom. The second-order valence-corrected chi connectivity index (χ2v) is 3.45. The Hall–Kier alpha value is -1.88. The summed E-state index contributed by atoms with van der Waals surface area (Å²) >= 11 is 0. The number of nitrogens with one attached hydrogen (secondary N) is 1. The number of hydrogen-bond acceptors (Lipinski definition) is 4. The molecule has 1 heterocycles. The predicted molar refractivity (Wildman–Crippen MR) is 50.9 cm³/mol. The van der Waals surface area contributed by atoms with Crippen molar-refractivity contribution >= 4 is 11.5 Å². The lowest BCUT2D eigenvalue weighted by Gasteiger charge is -2.03. The van der Waals surface area contributed by atoms with Crippen LogP contribution in [0, 0.1) is 34.5 Å². The molecule has 0 spiro atoms. The summed E-state index contributed by atoms with van der Waals surface area (Å²) in [6, 6.07) is 3.70. The van der Waals surface area contributed by atoms with Crippen LogP contribution in [0.2, 0.25) is 0 Å². The molecule has 0 aromatic carbocycles. The van der Waals surface area contributed by atoms with E-state index in [2.05, 4.69) is 9.98 Å². The maximum absolute atomic E-state index is 8.68. The van der Waals surface area contributed by atoms with E-state index >= 15 is 0 Å². The van der Waals surface area contributed by atoms with Crippen LogP contribution in [0.1, 0.15) is 13.8 Å². The van der Waals surface area contributed by atoms with Crippen molar-refractivity contribution in [2.45, 2.75) is 20.0 Å². The molecule has 1 aliphatic rings. The molecule has 0 radical (unpaired) electrons. The molecule has 0 fully saturated rings. The van der Waals surface area contributed by atoms with E-state index in [1.54, 1.807) is 0 Å². The number of nitrogens with two attached hydrogens (primary N) is 1. The molecule has 1 rings (SSSR count). The number of rotatable bonds is 2. The van der Waals surface area contributed by atoms with E-state index in [0.29, 0.717) is 11.5 Å². The van der Waals surface area contributed by atoms with Crippen LogP contribution in [0.5, 0.6) is 0 Å². The minimum Gasteiger partial charge on any atom is -0.286 e. The molecule has 0 saturated heterocycles. The SMILES string of the molecule is CC(C)[C@@H]1N=C(C(C#N)C#N)C(N)=[NH+]1. The Morgan fingerprint density at radius 1 is 1.43 bits per heavy atom. The van der Waals surface area contributed by atoms with Crippen molar-refractivity contribution in [1.29, 1.82) is 10.5 Å². The Labute approximate surface area is 82.6 Å². The van der Waals surface area contributed by atoms with E-state index in [1.165, 1.54) is 0 Å². The van der Waals surface area contributed by atoms with E-state index in [-0.39, 0.29) is 12.1 Å². The number of aliphatic imine (C=N–C) groups is 1. The highest BCUT2D eigenvalue weighted by Gasteiger charge is 2.31. The van der Waals surface area contributed by atoms with Crippen molar-refractivity contribution in [2.24, 2.45) is 22.6 Å². The third-order valence-electron chi connectivity index (χ3n) is 2.02. The molecular formula is C9H12N5+. The maximum Gasteiger partial charge on any atom is 0.291 e. The Balaban J connectivity index is 2.95. The van der Waals surface area contributed by atoms with E-state index in [0.717, 1.165) is 0 Å². The summed E-state index contributed by atoms with van der Waals surface area (Å²) < 4.78 is 0.